The van der Waals surface area contributed by atoms with E-state index >= 15 is 4.39 Å². The predicted molar refractivity (Wildman–Crippen MR) is 122 cm³/mol. The summed E-state index contributed by atoms with van der Waals surface area (Å²) in [7, 11) is 1.49. The highest BCUT2D eigenvalue weighted by Crippen LogP contribution is 2.42. The molecule has 2 aromatic rings. The first-order valence-corrected chi connectivity index (χ1v) is 10.5. The first kappa shape index (κ1) is 23.3. The zero-order valence-electron chi connectivity index (χ0n) is 18.8. The minimum absolute atomic E-state index is 0.0313. The number of halogens is 1. The third kappa shape index (κ3) is 4.20. The number of hydrogen-bond acceptors (Lipinski definition) is 4. The predicted octanol–water partition coefficient (Wildman–Crippen LogP) is 4.97. The molecular formula is C25H28FNO5. The van der Waals surface area contributed by atoms with Crippen LogP contribution in [0.4, 0.5) is 4.39 Å². The van der Waals surface area contributed by atoms with Gasteiger partial charge in [0.1, 0.15) is 12.2 Å². The first-order chi connectivity index (χ1) is 15.1. The van der Waals surface area contributed by atoms with Crippen molar-refractivity contribution < 1.29 is 23.8 Å². The van der Waals surface area contributed by atoms with Crippen molar-refractivity contribution in [1.29, 1.82) is 0 Å². The van der Waals surface area contributed by atoms with Gasteiger partial charge in [0, 0.05) is 23.9 Å². The molecule has 0 radical (unpaired) electrons. The van der Waals surface area contributed by atoms with Crippen molar-refractivity contribution in [1.82, 2.24) is 4.57 Å². The minimum atomic E-state index is -1.81. The van der Waals surface area contributed by atoms with E-state index < -0.39 is 17.1 Å². The smallest absolute Gasteiger partial charge is 0.341 e. The Labute approximate surface area is 186 Å². The van der Waals surface area contributed by atoms with E-state index in [1.807, 2.05) is 17.6 Å². The van der Waals surface area contributed by atoms with Gasteiger partial charge in [0.05, 0.1) is 12.8 Å². The molecule has 3 rings (SSSR count). The number of benzene rings is 1. The molecule has 0 spiro atoms. The Morgan fingerprint density at radius 3 is 2.66 bits per heavy atom. The number of carbonyl (C=O) groups is 1. The van der Waals surface area contributed by atoms with Crippen LogP contribution in [0.2, 0.25) is 0 Å². The van der Waals surface area contributed by atoms with E-state index in [-0.39, 0.29) is 18.2 Å². The Bertz CT molecular complexity index is 1150. The number of aromatic nitrogens is 1. The topological polar surface area (TPSA) is 77.8 Å². The van der Waals surface area contributed by atoms with Crippen molar-refractivity contribution in [2.75, 3.05) is 13.7 Å². The third-order valence-corrected chi connectivity index (χ3v) is 5.87. The number of nitrogens with zero attached hydrogens (tertiary/aromatic N) is 1. The van der Waals surface area contributed by atoms with Gasteiger partial charge in [-0.2, -0.15) is 0 Å². The van der Waals surface area contributed by atoms with Crippen LogP contribution >= 0.6 is 0 Å². The van der Waals surface area contributed by atoms with Crippen LogP contribution < -0.4 is 14.9 Å². The molecule has 0 fully saturated rings. The lowest BCUT2D eigenvalue weighted by molar-refractivity contribution is 0.0694. The second-order valence-electron chi connectivity index (χ2n) is 8.01. The number of rotatable bonds is 8. The van der Waals surface area contributed by atoms with Crippen molar-refractivity contribution in [3.8, 4) is 22.8 Å². The van der Waals surface area contributed by atoms with Gasteiger partial charge in [-0.25, -0.2) is 9.18 Å². The fourth-order valence-corrected chi connectivity index (χ4v) is 3.96. The summed E-state index contributed by atoms with van der Waals surface area (Å²) in [5, 5.41) is 9.35. The molecule has 7 heteroatoms. The van der Waals surface area contributed by atoms with Crippen molar-refractivity contribution in [3.05, 3.63) is 70.1 Å². The van der Waals surface area contributed by atoms with Crippen LogP contribution in [0.5, 0.6) is 11.5 Å². The van der Waals surface area contributed by atoms with Gasteiger partial charge in [-0.05, 0) is 56.0 Å². The molecule has 2 heterocycles. The van der Waals surface area contributed by atoms with Crippen LogP contribution in [0, 0.1) is 0 Å². The van der Waals surface area contributed by atoms with Gasteiger partial charge in [0.2, 0.25) is 0 Å². The molecule has 0 saturated carbocycles. The molecule has 1 N–H and O–H groups in total. The molecule has 2 unspecified atom stereocenters. The van der Waals surface area contributed by atoms with E-state index in [0.29, 0.717) is 29.2 Å². The molecule has 1 aromatic heterocycles. The first-order valence-electron chi connectivity index (χ1n) is 10.5. The average Bonchev–Trinajstić information content (AvgIpc) is 2.75. The summed E-state index contributed by atoms with van der Waals surface area (Å²) < 4.78 is 28.4. The van der Waals surface area contributed by atoms with Gasteiger partial charge in [0.15, 0.2) is 22.6 Å². The molecule has 170 valence electrons. The van der Waals surface area contributed by atoms with Crippen molar-refractivity contribution in [3.63, 3.8) is 0 Å². The van der Waals surface area contributed by atoms with Gasteiger partial charge < -0.3 is 19.1 Å². The number of methoxy groups -OCH3 is 1. The van der Waals surface area contributed by atoms with Gasteiger partial charge in [-0.3, -0.25) is 4.79 Å². The minimum Gasteiger partial charge on any atom is -0.493 e. The van der Waals surface area contributed by atoms with Gasteiger partial charge in [-0.15, -0.1) is 0 Å². The molecule has 6 nitrogen and oxygen atoms in total. The van der Waals surface area contributed by atoms with Crippen LogP contribution in [0.3, 0.4) is 0 Å². The summed E-state index contributed by atoms with van der Waals surface area (Å²) in [6.45, 7) is 8.82. The lowest BCUT2D eigenvalue weighted by Gasteiger charge is -2.31. The Balaban J connectivity index is 2.09. The summed E-state index contributed by atoms with van der Waals surface area (Å²) in [6, 6.07) is 4.88. The fourth-order valence-electron chi connectivity index (χ4n) is 3.96. The number of aromatic carboxylic acids is 1. The average molecular weight is 441 g/mol. The second kappa shape index (κ2) is 9.02. The Morgan fingerprint density at radius 2 is 2.09 bits per heavy atom. The maximum absolute atomic E-state index is 15.2. The SMILES string of the molecule is C=C(C)C(F)(C=CC)COc1cc2c(cc1OC)-c1cc(=O)c(C(=O)O)cn1C(CC)C2. The molecule has 1 aromatic carbocycles. The quantitative estimate of drug-likeness (QED) is 0.586. The molecule has 2 atom stereocenters. The summed E-state index contributed by atoms with van der Waals surface area (Å²) >= 11 is 0. The number of carboxylic acids is 1. The van der Waals surface area contributed by atoms with Crippen molar-refractivity contribution in [2.24, 2.45) is 0 Å². The molecule has 1 aliphatic rings. The fraction of sp³-hybridized carbons (Fsp3) is 0.360. The number of allylic oxidation sites excluding steroid dienone is 1. The number of hydrogen-bond donors (Lipinski definition) is 1. The lowest BCUT2D eigenvalue weighted by atomic mass is 9.90. The molecule has 32 heavy (non-hydrogen) atoms. The van der Waals surface area contributed by atoms with E-state index in [1.165, 1.54) is 25.4 Å². The normalized spacial score (nSPS) is 16.7. The second-order valence-corrected chi connectivity index (χ2v) is 8.01. The van der Waals surface area contributed by atoms with Gasteiger partial charge in [0.25, 0.3) is 0 Å². The van der Waals surface area contributed by atoms with Crippen LogP contribution in [-0.4, -0.2) is 35.0 Å². The molecule has 0 saturated heterocycles. The Kier molecular flexibility index (Phi) is 6.57. The number of alkyl halides is 1. The number of ether oxygens (including phenoxy) is 2. The van der Waals surface area contributed by atoms with Gasteiger partial charge in [-0.1, -0.05) is 19.6 Å². The highest BCUT2D eigenvalue weighted by atomic mass is 19.1. The van der Waals surface area contributed by atoms with E-state index in [1.54, 1.807) is 26.0 Å². The molecule has 0 amide bonds. The van der Waals surface area contributed by atoms with Crippen LogP contribution in [0.15, 0.2) is 53.5 Å². The summed E-state index contributed by atoms with van der Waals surface area (Å²) in [6.07, 6.45) is 5.79. The number of fused-ring (bicyclic) bond motifs is 3. The van der Waals surface area contributed by atoms with Crippen LogP contribution in [0.25, 0.3) is 11.3 Å². The van der Waals surface area contributed by atoms with E-state index in [0.717, 1.165) is 17.5 Å². The molecule has 1 aliphatic heterocycles. The zero-order chi connectivity index (χ0) is 23.6. The standard InChI is InChI=1S/C25H28FNO5/c1-6-8-25(26,15(3)4)14-32-23-10-16-9-17(7-2)27-13-19(24(29)30)21(28)12-20(27)18(16)11-22(23)31-5/h6,8,10-13,17H,3,7,9,14H2,1-2,4-5H3,(H,29,30). The number of carboxylic acid groups (broad SMARTS) is 1. The van der Waals surface area contributed by atoms with Crippen LogP contribution in [0.1, 0.15) is 49.2 Å². The van der Waals surface area contributed by atoms with Gasteiger partial charge >= 0.3 is 5.97 Å². The van der Waals surface area contributed by atoms with Crippen molar-refractivity contribution in [2.45, 2.75) is 45.3 Å². The summed E-state index contributed by atoms with van der Waals surface area (Å²) in [4.78, 5) is 23.8. The maximum atomic E-state index is 15.2. The van der Waals surface area contributed by atoms with E-state index in [2.05, 4.69) is 6.58 Å². The van der Waals surface area contributed by atoms with E-state index in [9.17, 15) is 14.7 Å². The van der Waals surface area contributed by atoms with Crippen molar-refractivity contribution >= 4 is 5.97 Å². The highest BCUT2D eigenvalue weighted by molar-refractivity contribution is 5.87. The monoisotopic (exact) mass is 441 g/mol. The lowest BCUT2D eigenvalue weighted by Crippen LogP contribution is -2.30. The Hall–Kier alpha value is -3.35. The summed E-state index contributed by atoms with van der Waals surface area (Å²) in [5.41, 5.74) is 0.00397. The van der Waals surface area contributed by atoms with Crippen LogP contribution in [-0.2, 0) is 6.42 Å². The largest absolute Gasteiger partial charge is 0.493 e. The molecule has 0 bridgehead atoms. The number of pyridine rings is 1. The highest BCUT2D eigenvalue weighted by Gasteiger charge is 2.30. The molecule has 0 aliphatic carbocycles. The molecular weight excluding hydrogens is 413 g/mol. The maximum Gasteiger partial charge on any atom is 0.341 e. The van der Waals surface area contributed by atoms with E-state index in [4.69, 9.17) is 9.47 Å². The zero-order valence-corrected chi connectivity index (χ0v) is 18.8. The third-order valence-electron chi connectivity index (χ3n) is 5.87. The Morgan fingerprint density at radius 1 is 1.38 bits per heavy atom. The summed E-state index contributed by atoms with van der Waals surface area (Å²) in [5.74, 6) is -0.461.